The highest BCUT2D eigenvalue weighted by atomic mass is 32.2. The molecule has 0 unspecified atom stereocenters. The molecule has 0 bridgehead atoms. The van der Waals surface area contributed by atoms with Gasteiger partial charge in [0.2, 0.25) is 0 Å². The highest BCUT2D eigenvalue weighted by Crippen LogP contribution is 2.33. The van der Waals surface area contributed by atoms with E-state index in [4.69, 9.17) is 4.42 Å². The molecule has 0 aliphatic heterocycles. The first-order valence-electron chi connectivity index (χ1n) is 9.21. The standard InChI is InChI=1S/C21H24N4OS/c1-6-9-27-21-23-22-20(25(21)16-8-7-13(2)10-14(16)3)18-12-19-17(24(18)5)11-15(4)26-19/h7-8,10-12H,6,9H2,1-5H3. The fraction of sp³-hybridized carbons (Fsp3) is 0.333. The van der Waals surface area contributed by atoms with Crippen LogP contribution in [0.1, 0.15) is 30.2 Å². The van der Waals surface area contributed by atoms with Gasteiger partial charge in [-0.15, -0.1) is 10.2 Å². The first-order chi connectivity index (χ1) is 13.0. The number of fused-ring (bicyclic) bond motifs is 1. The highest BCUT2D eigenvalue weighted by molar-refractivity contribution is 7.99. The number of aryl methyl sites for hydroxylation is 4. The molecule has 0 aliphatic rings. The van der Waals surface area contributed by atoms with Crippen LogP contribution in [0.3, 0.4) is 0 Å². The Hall–Kier alpha value is -2.47. The summed E-state index contributed by atoms with van der Waals surface area (Å²) in [6, 6.07) is 10.6. The van der Waals surface area contributed by atoms with Gasteiger partial charge in [-0.05, 0) is 38.8 Å². The van der Waals surface area contributed by atoms with Crippen LogP contribution in [0.15, 0.2) is 39.9 Å². The van der Waals surface area contributed by atoms with Crippen molar-refractivity contribution in [3.05, 3.63) is 47.2 Å². The Morgan fingerprint density at radius 3 is 2.59 bits per heavy atom. The second kappa shape index (κ2) is 6.93. The number of benzene rings is 1. The second-order valence-corrected chi connectivity index (χ2v) is 8.04. The van der Waals surface area contributed by atoms with Crippen molar-refractivity contribution < 1.29 is 4.42 Å². The molecule has 1 aromatic carbocycles. The average molecular weight is 381 g/mol. The number of thioether (sulfide) groups is 1. The Morgan fingerprint density at radius 1 is 1.07 bits per heavy atom. The smallest absolute Gasteiger partial charge is 0.196 e. The molecule has 5 nitrogen and oxygen atoms in total. The fourth-order valence-corrected chi connectivity index (χ4v) is 4.24. The van der Waals surface area contributed by atoms with Gasteiger partial charge in [0.05, 0.1) is 16.9 Å². The van der Waals surface area contributed by atoms with Gasteiger partial charge in [0.25, 0.3) is 0 Å². The summed E-state index contributed by atoms with van der Waals surface area (Å²) < 4.78 is 10.1. The molecule has 4 aromatic rings. The zero-order valence-electron chi connectivity index (χ0n) is 16.4. The third-order valence-corrected chi connectivity index (χ3v) is 5.88. The van der Waals surface area contributed by atoms with Crippen molar-refractivity contribution >= 4 is 22.9 Å². The number of aromatic nitrogens is 4. The molecule has 0 saturated heterocycles. The molecule has 6 heteroatoms. The third kappa shape index (κ3) is 3.08. The van der Waals surface area contributed by atoms with Crippen LogP contribution < -0.4 is 0 Å². The molecule has 0 N–H and O–H groups in total. The van der Waals surface area contributed by atoms with Crippen molar-refractivity contribution in [3.63, 3.8) is 0 Å². The van der Waals surface area contributed by atoms with Crippen molar-refractivity contribution in [2.24, 2.45) is 7.05 Å². The van der Waals surface area contributed by atoms with Crippen molar-refractivity contribution in [3.8, 4) is 17.2 Å². The van der Waals surface area contributed by atoms with Gasteiger partial charge >= 0.3 is 0 Å². The minimum Gasteiger partial charge on any atom is -0.460 e. The molecule has 4 rings (SSSR count). The Bertz CT molecular complexity index is 1120. The van der Waals surface area contributed by atoms with Crippen molar-refractivity contribution in [1.29, 1.82) is 0 Å². The van der Waals surface area contributed by atoms with E-state index in [0.29, 0.717) is 0 Å². The SMILES string of the molecule is CCCSc1nnc(-c2cc3oc(C)cc3n2C)n1-c1ccc(C)cc1C. The molecule has 0 spiro atoms. The predicted molar refractivity (Wildman–Crippen MR) is 111 cm³/mol. The fourth-order valence-electron chi connectivity index (χ4n) is 3.45. The normalized spacial score (nSPS) is 11.6. The average Bonchev–Trinajstić information content (AvgIpc) is 3.27. The molecule has 3 heterocycles. The summed E-state index contributed by atoms with van der Waals surface area (Å²) in [5.74, 6) is 2.77. The Balaban J connectivity index is 1.93. The zero-order chi connectivity index (χ0) is 19.1. The van der Waals surface area contributed by atoms with E-state index in [1.807, 2.05) is 14.0 Å². The van der Waals surface area contributed by atoms with Crippen LogP contribution in [0.5, 0.6) is 0 Å². The number of furan rings is 1. The van der Waals surface area contributed by atoms with Gasteiger partial charge in [0, 0.05) is 24.9 Å². The van der Waals surface area contributed by atoms with E-state index in [0.717, 1.165) is 51.4 Å². The van der Waals surface area contributed by atoms with Gasteiger partial charge in [-0.25, -0.2) is 0 Å². The lowest BCUT2D eigenvalue weighted by Gasteiger charge is -2.14. The molecule has 0 amide bonds. The van der Waals surface area contributed by atoms with Crippen LogP contribution in [-0.4, -0.2) is 25.1 Å². The summed E-state index contributed by atoms with van der Waals surface area (Å²) in [5, 5.41) is 10.0. The number of hydrogen-bond acceptors (Lipinski definition) is 4. The van der Waals surface area contributed by atoms with Crippen molar-refractivity contribution in [1.82, 2.24) is 19.3 Å². The maximum Gasteiger partial charge on any atom is 0.196 e. The van der Waals surface area contributed by atoms with E-state index >= 15 is 0 Å². The molecule has 0 atom stereocenters. The monoisotopic (exact) mass is 380 g/mol. The first kappa shape index (κ1) is 17.9. The number of nitrogens with zero attached hydrogens (tertiary/aromatic N) is 4. The lowest BCUT2D eigenvalue weighted by Crippen LogP contribution is -2.04. The quantitative estimate of drug-likeness (QED) is 0.432. The summed E-state index contributed by atoms with van der Waals surface area (Å²) in [7, 11) is 2.05. The van der Waals surface area contributed by atoms with Crippen LogP contribution >= 0.6 is 11.8 Å². The lowest BCUT2D eigenvalue weighted by molar-refractivity contribution is 0.579. The largest absolute Gasteiger partial charge is 0.460 e. The minimum absolute atomic E-state index is 0.840. The zero-order valence-corrected chi connectivity index (χ0v) is 17.2. The number of hydrogen-bond donors (Lipinski definition) is 0. The maximum atomic E-state index is 5.82. The summed E-state index contributed by atoms with van der Waals surface area (Å²) in [4.78, 5) is 0. The maximum absolute atomic E-state index is 5.82. The van der Waals surface area contributed by atoms with E-state index in [9.17, 15) is 0 Å². The Morgan fingerprint density at radius 2 is 1.89 bits per heavy atom. The molecule has 0 aliphatic carbocycles. The van der Waals surface area contributed by atoms with E-state index in [1.165, 1.54) is 11.1 Å². The van der Waals surface area contributed by atoms with E-state index in [1.54, 1.807) is 11.8 Å². The van der Waals surface area contributed by atoms with Crippen molar-refractivity contribution in [2.45, 2.75) is 39.3 Å². The number of rotatable bonds is 5. The minimum atomic E-state index is 0.840. The second-order valence-electron chi connectivity index (χ2n) is 6.98. The van der Waals surface area contributed by atoms with Crippen LogP contribution in [0.25, 0.3) is 28.3 Å². The van der Waals surface area contributed by atoms with E-state index < -0.39 is 0 Å². The third-order valence-electron chi connectivity index (χ3n) is 4.74. The molecule has 0 radical (unpaired) electrons. The summed E-state index contributed by atoms with van der Waals surface area (Å²) in [6.45, 7) is 8.40. The molecule has 0 saturated carbocycles. The van der Waals surface area contributed by atoms with Gasteiger partial charge < -0.3 is 8.98 Å². The summed E-state index contributed by atoms with van der Waals surface area (Å²) in [5.41, 5.74) is 6.53. The topological polar surface area (TPSA) is 48.8 Å². The van der Waals surface area contributed by atoms with E-state index in [-0.39, 0.29) is 0 Å². The molecule has 140 valence electrons. The Kier molecular flexibility index (Phi) is 4.60. The van der Waals surface area contributed by atoms with E-state index in [2.05, 4.69) is 70.4 Å². The van der Waals surface area contributed by atoms with Gasteiger partial charge in [0.15, 0.2) is 16.6 Å². The van der Waals surface area contributed by atoms with Gasteiger partial charge in [-0.1, -0.05) is 36.4 Å². The van der Waals surface area contributed by atoms with Gasteiger partial charge in [-0.3, -0.25) is 4.57 Å². The molecular formula is C21H24N4OS. The van der Waals surface area contributed by atoms with Gasteiger partial charge in [-0.2, -0.15) is 0 Å². The van der Waals surface area contributed by atoms with Crippen LogP contribution in [0.4, 0.5) is 0 Å². The molecular weight excluding hydrogens is 356 g/mol. The lowest BCUT2D eigenvalue weighted by atomic mass is 10.1. The van der Waals surface area contributed by atoms with Crippen LogP contribution in [0, 0.1) is 20.8 Å². The predicted octanol–water partition coefficient (Wildman–Crippen LogP) is 5.45. The first-order valence-corrected chi connectivity index (χ1v) is 10.2. The molecule has 3 aromatic heterocycles. The highest BCUT2D eigenvalue weighted by Gasteiger charge is 2.21. The van der Waals surface area contributed by atoms with Gasteiger partial charge in [0.1, 0.15) is 5.76 Å². The summed E-state index contributed by atoms with van der Waals surface area (Å²) in [6.07, 6.45) is 1.09. The molecule has 27 heavy (non-hydrogen) atoms. The van der Waals surface area contributed by atoms with Crippen LogP contribution in [0.2, 0.25) is 0 Å². The summed E-state index contributed by atoms with van der Waals surface area (Å²) >= 11 is 1.74. The Labute approximate surface area is 163 Å². The molecule has 0 fully saturated rings. The van der Waals surface area contributed by atoms with Crippen molar-refractivity contribution in [2.75, 3.05) is 5.75 Å². The van der Waals surface area contributed by atoms with Crippen LogP contribution in [-0.2, 0) is 7.05 Å².